The molecule has 2 amide bonds. The fraction of sp³-hybridized carbons (Fsp3) is 0.500. The standard InChI is InChI=1S/C19H20ClF3N4O5S.C3H7NO/c1-18(2,19(21,22)23)32-17(28)24-11-5-6-14-13(10-11)27(8-9-31-14)33(29,30)15-12-4-3-7-26(12)25-16(15)20;1-3(5)4-2/h5-6,10H,3-4,7-9H2,1-2H3,(H,24,28);1-2H3,(H,4,5). The highest BCUT2D eigenvalue weighted by Crippen LogP contribution is 2.40. The second-order valence-electron chi connectivity index (χ2n) is 8.83. The van der Waals surface area contributed by atoms with Crippen LogP contribution in [0.25, 0.3) is 0 Å². The second kappa shape index (κ2) is 10.9. The van der Waals surface area contributed by atoms with Crippen molar-refractivity contribution in [2.45, 2.75) is 56.8 Å². The number of nitrogens with one attached hydrogen (secondary N) is 2. The average molecular weight is 582 g/mol. The maximum Gasteiger partial charge on any atom is 0.427 e. The van der Waals surface area contributed by atoms with Gasteiger partial charge in [0.05, 0.1) is 17.9 Å². The summed E-state index contributed by atoms with van der Waals surface area (Å²) >= 11 is 6.16. The summed E-state index contributed by atoms with van der Waals surface area (Å²) in [5.74, 6) is 0.226. The van der Waals surface area contributed by atoms with Gasteiger partial charge in [-0.3, -0.25) is 19.1 Å². The van der Waals surface area contributed by atoms with Crippen LogP contribution < -0.4 is 19.7 Å². The van der Waals surface area contributed by atoms with Crippen LogP contribution in [-0.4, -0.2) is 62.2 Å². The number of ether oxygens (including phenoxy) is 2. The molecule has 0 saturated carbocycles. The minimum absolute atomic E-state index is 0.00463. The Hall–Kier alpha value is -3.20. The zero-order chi connectivity index (χ0) is 28.5. The number of hydrogen-bond donors (Lipinski definition) is 2. The van der Waals surface area contributed by atoms with Crippen LogP contribution in [0.5, 0.6) is 5.75 Å². The summed E-state index contributed by atoms with van der Waals surface area (Å²) in [6.07, 6.45) is -4.87. The van der Waals surface area contributed by atoms with Crippen LogP contribution in [0.15, 0.2) is 23.1 Å². The molecule has 2 N–H and O–H groups in total. The molecule has 2 aliphatic rings. The number of fused-ring (bicyclic) bond motifs is 2. The van der Waals surface area contributed by atoms with Gasteiger partial charge < -0.3 is 14.8 Å². The highest BCUT2D eigenvalue weighted by Gasteiger charge is 2.51. The normalized spacial score (nSPS) is 14.9. The van der Waals surface area contributed by atoms with Gasteiger partial charge >= 0.3 is 12.3 Å². The third-order valence-electron chi connectivity index (χ3n) is 5.71. The molecule has 0 atom stereocenters. The van der Waals surface area contributed by atoms with Gasteiger partial charge in [0.15, 0.2) is 5.15 Å². The van der Waals surface area contributed by atoms with Gasteiger partial charge in [-0.1, -0.05) is 11.6 Å². The predicted molar refractivity (Wildman–Crippen MR) is 132 cm³/mol. The first kappa shape index (κ1) is 29.4. The van der Waals surface area contributed by atoms with Crippen LogP contribution in [0.1, 0.15) is 32.9 Å². The molecule has 16 heteroatoms. The van der Waals surface area contributed by atoms with E-state index >= 15 is 0 Å². The van der Waals surface area contributed by atoms with E-state index in [0.29, 0.717) is 18.7 Å². The Bertz CT molecular complexity index is 1330. The number of sulfonamides is 1. The molecular weight excluding hydrogens is 555 g/mol. The molecular formula is C22H27ClF3N5O6S. The lowest BCUT2D eigenvalue weighted by atomic mass is 10.1. The van der Waals surface area contributed by atoms with Crippen molar-refractivity contribution < 1.29 is 40.7 Å². The molecule has 0 aliphatic carbocycles. The number of carbonyl (C=O) groups is 2. The van der Waals surface area contributed by atoms with Crippen molar-refractivity contribution in [2.75, 3.05) is 29.8 Å². The van der Waals surface area contributed by atoms with E-state index in [1.165, 1.54) is 25.1 Å². The Labute approximate surface area is 222 Å². The number of halogens is 4. The molecule has 4 rings (SSSR count). The van der Waals surface area contributed by atoms with E-state index in [1.54, 1.807) is 11.7 Å². The Morgan fingerprint density at radius 2 is 1.87 bits per heavy atom. The molecule has 210 valence electrons. The summed E-state index contributed by atoms with van der Waals surface area (Å²) in [6, 6.07) is 4.05. The third-order valence-corrected chi connectivity index (χ3v) is 7.99. The van der Waals surface area contributed by atoms with Crippen LogP contribution in [0, 0.1) is 0 Å². The van der Waals surface area contributed by atoms with Gasteiger partial charge in [-0.25, -0.2) is 13.2 Å². The van der Waals surface area contributed by atoms with E-state index in [2.05, 4.69) is 20.5 Å². The number of carbonyl (C=O) groups excluding carboxylic acids is 2. The fourth-order valence-corrected chi connectivity index (χ4v) is 5.78. The van der Waals surface area contributed by atoms with Gasteiger partial charge in [0.2, 0.25) is 11.5 Å². The SMILES string of the molecule is CC(C)(OC(=O)Nc1ccc2c(c1)N(S(=O)(=O)c1c(Cl)nn3c1CCC3)CCO2)C(F)(F)F.CNC(C)=O. The first-order chi connectivity index (χ1) is 17.6. The van der Waals surface area contributed by atoms with Gasteiger partial charge in [0.25, 0.3) is 10.0 Å². The molecule has 2 aliphatic heterocycles. The summed E-state index contributed by atoms with van der Waals surface area (Å²) < 4.78 is 78.7. The summed E-state index contributed by atoms with van der Waals surface area (Å²) in [4.78, 5) is 21.7. The topological polar surface area (TPSA) is 132 Å². The lowest BCUT2D eigenvalue weighted by molar-refractivity contribution is -0.242. The Kier molecular flexibility index (Phi) is 8.41. The van der Waals surface area contributed by atoms with E-state index in [9.17, 15) is 31.2 Å². The lowest BCUT2D eigenvalue weighted by Gasteiger charge is -2.31. The molecule has 0 radical (unpaired) electrons. The van der Waals surface area contributed by atoms with Gasteiger partial charge in [0.1, 0.15) is 17.3 Å². The average Bonchev–Trinajstić information content (AvgIpc) is 3.37. The van der Waals surface area contributed by atoms with Crippen LogP contribution in [-0.2, 0) is 32.5 Å². The number of benzene rings is 1. The largest absolute Gasteiger partial charge is 0.489 e. The molecule has 0 fully saturated rings. The van der Waals surface area contributed by atoms with Crippen molar-refractivity contribution in [3.63, 3.8) is 0 Å². The maximum absolute atomic E-state index is 13.5. The molecule has 38 heavy (non-hydrogen) atoms. The van der Waals surface area contributed by atoms with Gasteiger partial charge in [-0.2, -0.15) is 18.3 Å². The van der Waals surface area contributed by atoms with Crippen molar-refractivity contribution in [3.05, 3.63) is 29.0 Å². The Morgan fingerprint density at radius 1 is 1.21 bits per heavy atom. The van der Waals surface area contributed by atoms with E-state index in [1.807, 2.05) is 0 Å². The highest BCUT2D eigenvalue weighted by molar-refractivity contribution is 7.93. The molecule has 0 bridgehead atoms. The number of anilines is 2. The fourth-order valence-electron chi connectivity index (χ4n) is 3.59. The number of aromatic nitrogens is 2. The molecule has 1 aromatic carbocycles. The number of aryl methyl sites for hydroxylation is 1. The maximum atomic E-state index is 13.5. The van der Waals surface area contributed by atoms with Crippen LogP contribution in [0.3, 0.4) is 0 Å². The molecule has 3 heterocycles. The Morgan fingerprint density at radius 3 is 2.47 bits per heavy atom. The molecule has 1 aromatic heterocycles. The molecule has 0 spiro atoms. The highest BCUT2D eigenvalue weighted by atomic mass is 35.5. The third kappa shape index (κ3) is 6.09. The Balaban J connectivity index is 0.000000732. The number of nitrogens with zero attached hydrogens (tertiary/aromatic N) is 3. The van der Waals surface area contributed by atoms with E-state index in [0.717, 1.165) is 24.6 Å². The van der Waals surface area contributed by atoms with Crippen LogP contribution in [0.2, 0.25) is 5.15 Å². The van der Waals surface area contributed by atoms with Crippen molar-refractivity contribution in [3.8, 4) is 5.75 Å². The number of amides is 2. The van der Waals surface area contributed by atoms with Crippen LogP contribution in [0.4, 0.5) is 29.3 Å². The lowest BCUT2D eigenvalue weighted by Crippen LogP contribution is -2.44. The van der Waals surface area contributed by atoms with Crippen LogP contribution >= 0.6 is 11.6 Å². The second-order valence-corrected chi connectivity index (χ2v) is 11.0. The number of rotatable bonds is 4. The number of alkyl halides is 3. The summed E-state index contributed by atoms with van der Waals surface area (Å²) in [7, 11) is -2.54. The summed E-state index contributed by atoms with van der Waals surface area (Å²) in [5.41, 5.74) is -2.08. The van der Waals surface area contributed by atoms with Gasteiger partial charge in [-0.05, 0) is 44.9 Å². The number of hydrogen-bond acceptors (Lipinski definition) is 7. The minimum atomic E-state index is -4.77. The minimum Gasteiger partial charge on any atom is -0.489 e. The molecule has 0 unspecified atom stereocenters. The van der Waals surface area contributed by atoms with E-state index < -0.39 is 27.9 Å². The summed E-state index contributed by atoms with van der Waals surface area (Å²) in [5, 5.41) is 8.55. The monoisotopic (exact) mass is 581 g/mol. The van der Waals surface area contributed by atoms with E-state index in [-0.39, 0.29) is 46.2 Å². The molecule has 0 saturated heterocycles. The smallest absolute Gasteiger partial charge is 0.427 e. The summed E-state index contributed by atoms with van der Waals surface area (Å²) in [6.45, 7) is 3.51. The van der Waals surface area contributed by atoms with E-state index in [4.69, 9.17) is 16.3 Å². The van der Waals surface area contributed by atoms with Crippen molar-refractivity contribution in [1.29, 1.82) is 0 Å². The van der Waals surface area contributed by atoms with Gasteiger partial charge in [-0.15, -0.1) is 0 Å². The first-order valence-electron chi connectivity index (χ1n) is 11.4. The molecule has 2 aromatic rings. The van der Waals surface area contributed by atoms with Crippen molar-refractivity contribution in [2.24, 2.45) is 0 Å². The zero-order valence-electron chi connectivity index (χ0n) is 21.0. The van der Waals surface area contributed by atoms with Gasteiger partial charge in [0, 0.05) is 26.2 Å². The zero-order valence-corrected chi connectivity index (χ0v) is 22.6. The first-order valence-corrected chi connectivity index (χ1v) is 13.2. The van der Waals surface area contributed by atoms with Crippen molar-refractivity contribution >= 4 is 45.0 Å². The predicted octanol–water partition coefficient (Wildman–Crippen LogP) is 3.71. The molecule has 11 nitrogen and oxygen atoms in total. The van der Waals surface area contributed by atoms with Crippen molar-refractivity contribution in [1.82, 2.24) is 15.1 Å². The quantitative estimate of drug-likeness (QED) is 0.562.